The van der Waals surface area contributed by atoms with Gasteiger partial charge < -0.3 is 14.4 Å². The van der Waals surface area contributed by atoms with Crippen LogP contribution in [0.1, 0.15) is 19.4 Å². The fourth-order valence-corrected chi connectivity index (χ4v) is 4.23. The second-order valence-corrected chi connectivity index (χ2v) is 8.83. The third kappa shape index (κ3) is 6.79. The molecule has 0 radical (unpaired) electrons. The van der Waals surface area contributed by atoms with E-state index in [4.69, 9.17) is 9.47 Å². The fraction of sp³-hybridized carbons (Fsp3) is 0.429. The topological polar surface area (TPSA) is 93.2 Å². The molecule has 0 aromatic heterocycles. The zero-order valence-corrected chi connectivity index (χ0v) is 18.2. The van der Waals surface area contributed by atoms with Gasteiger partial charge >= 0.3 is 5.97 Å². The molecule has 1 amide bonds. The van der Waals surface area contributed by atoms with E-state index >= 15 is 0 Å². The second-order valence-electron chi connectivity index (χ2n) is 6.89. The Labute approximate surface area is 177 Å². The molecule has 1 aliphatic rings. The number of hydrogen-bond donors (Lipinski definition) is 0. The van der Waals surface area contributed by atoms with Crippen LogP contribution in [0.2, 0.25) is 0 Å². The molecule has 9 heteroatoms. The molecule has 2 rings (SSSR count). The number of nitrogens with zero attached hydrogens (tertiary/aromatic N) is 2. The third-order valence-corrected chi connectivity index (χ3v) is 6.35. The Morgan fingerprint density at radius 3 is 2.43 bits per heavy atom. The van der Waals surface area contributed by atoms with E-state index in [9.17, 15) is 18.0 Å². The molecule has 0 saturated carbocycles. The summed E-state index contributed by atoms with van der Waals surface area (Å²) in [7, 11) is -3.56. The van der Waals surface area contributed by atoms with Crippen LogP contribution in [-0.2, 0) is 29.1 Å². The van der Waals surface area contributed by atoms with Gasteiger partial charge in [0.2, 0.25) is 10.0 Å². The van der Waals surface area contributed by atoms with Crippen molar-refractivity contribution in [3.63, 3.8) is 0 Å². The summed E-state index contributed by atoms with van der Waals surface area (Å²) < 4.78 is 36.8. The molecule has 1 saturated heterocycles. The van der Waals surface area contributed by atoms with Crippen molar-refractivity contribution >= 4 is 28.0 Å². The molecular weight excluding hydrogens is 408 g/mol. The lowest BCUT2D eigenvalue weighted by Gasteiger charge is -2.26. The van der Waals surface area contributed by atoms with E-state index in [-0.39, 0.29) is 17.4 Å². The maximum atomic E-state index is 12.6. The minimum Gasteiger partial charge on any atom is -0.452 e. The molecule has 8 nitrogen and oxygen atoms in total. The number of amides is 1. The van der Waals surface area contributed by atoms with Crippen LogP contribution in [0.4, 0.5) is 0 Å². The lowest BCUT2D eigenvalue weighted by Crippen LogP contribution is -2.40. The van der Waals surface area contributed by atoms with Crippen LogP contribution in [0, 0.1) is 0 Å². The van der Waals surface area contributed by atoms with Gasteiger partial charge in [-0.3, -0.25) is 4.79 Å². The van der Waals surface area contributed by atoms with Crippen LogP contribution in [0.15, 0.2) is 47.4 Å². The normalized spacial score (nSPS) is 15.1. The Morgan fingerprint density at radius 1 is 1.23 bits per heavy atom. The van der Waals surface area contributed by atoms with Crippen molar-refractivity contribution < 1.29 is 27.5 Å². The Hall–Kier alpha value is -2.49. The number of hydrogen-bond acceptors (Lipinski definition) is 6. The van der Waals surface area contributed by atoms with Gasteiger partial charge in [0.1, 0.15) is 0 Å². The third-order valence-electron chi connectivity index (χ3n) is 4.43. The van der Waals surface area contributed by atoms with Gasteiger partial charge in [-0.05, 0) is 37.6 Å². The molecule has 0 bridgehead atoms. The summed E-state index contributed by atoms with van der Waals surface area (Å²) in [5.74, 6) is -0.945. The summed E-state index contributed by atoms with van der Waals surface area (Å²) in [4.78, 5) is 25.7. The Balaban J connectivity index is 1.91. The first-order valence-corrected chi connectivity index (χ1v) is 11.1. The summed E-state index contributed by atoms with van der Waals surface area (Å²) >= 11 is 0. The highest BCUT2D eigenvalue weighted by atomic mass is 32.2. The number of morpholine rings is 1. The van der Waals surface area contributed by atoms with Crippen LogP contribution in [0.25, 0.3) is 6.08 Å². The molecule has 0 spiro atoms. The van der Waals surface area contributed by atoms with E-state index in [1.54, 1.807) is 17.0 Å². The molecule has 30 heavy (non-hydrogen) atoms. The number of carbonyl (C=O) groups excluding carboxylic acids is 2. The van der Waals surface area contributed by atoms with Crippen LogP contribution in [-0.4, -0.2) is 75.5 Å². The zero-order chi connectivity index (χ0) is 22.1. The van der Waals surface area contributed by atoms with Gasteiger partial charge in [0.15, 0.2) is 6.61 Å². The fourth-order valence-electron chi connectivity index (χ4n) is 2.83. The number of likely N-dealkylation sites (N-methyl/N-ethyl adjacent to an activating group) is 1. The van der Waals surface area contributed by atoms with Crippen LogP contribution in [0.5, 0.6) is 0 Å². The number of benzene rings is 1. The molecule has 0 N–H and O–H groups in total. The van der Waals surface area contributed by atoms with E-state index < -0.39 is 16.0 Å². The lowest BCUT2D eigenvalue weighted by atomic mass is 10.2. The molecule has 1 aromatic carbocycles. The van der Waals surface area contributed by atoms with Crippen molar-refractivity contribution in [2.75, 3.05) is 46.0 Å². The highest BCUT2D eigenvalue weighted by Gasteiger charge is 2.25. The SMILES string of the molecule is C=C(C)CN(CC)C(=O)COC(=O)/C=C\c1ccc(S(=O)(=O)N2CCOCC2)cc1. The standard InChI is InChI=1S/C21H28N2O6S/c1-4-22(15-17(2)3)20(24)16-29-21(25)10-7-18-5-8-19(9-6-18)30(26,27)23-11-13-28-14-12-23/h5-10H,2,4,11-16H2,1,3H3/b10-7-. The van der Waals surface area contributed by atoms with Crippen LogP contribution >= 0.6 is 0 Å². The smallest absolute Gasteiger partial charge is 0.331 e. The Kier molecular flexibility index (Phi) is 8.76. The Bertz CT molecular complexity index is 887. The summed E-state index contributed by atoms with van der Waals surface area (Å²) in [5.41, 5.74) is 1.48. The zero-order valence-electron chi connectivity index (χ0n) is 17.4. The molecular formula is C21H28N2O6S. The molecule has 164 valence electrons. The van der Waals surface area contributed by atoms with Crippen molar-refractivity contribution in [1.29, 1.82) is 0 Å². The molecule has 1 fully saturated rings. The quantitative estimate of drug-likeness (QED) is 0.332. The predicted octanol–water partition coefficient (Wildman–Crippen LogP) is 1.69. The Morgan fingerprint density at radius 2 is 1.87 bits per heavy atom. The van der Waals surface area contributed by atoms with Gasteiger partial charge in [0.05, 0.1) is 18.1 Å². The first-order chi connectivity index (χ1) is 14.2. The maximum absolute atomic E-state index is 12.6. The number of carbonyl (C=O) groups is 2. The van der Waals surface area contributed by atoms with Gasteiger partial charge in [0.25, 0.3) is 5.91 Å². The highest BCUT2D eigenvalue weighted by Crippen LogP contribution is 2.18. The van der Waals surface area contributed by atoms with Crippen LogP contribution in [0.3, 0.4) is 0 Å². The van der Waals surface area contributed by atoms with E-state index in [2.05, 4.69) is 6.58 Å². The minimum absolute atomic E-state index is 0.187. The molecule has 0 atom stereocenters. The lowest BCUT2D eigenvalue weighted by molar-refractivity contribution is -0.147. The maximum Gasteiger partial charge on any atom is 0.331 e. The van der Waals surface area contributed by atoms with Crippen molar-refractivity contribution in [1.82, 2.24) is 9.21 Å². The van der Waals surface area contributed by atoms with Gasteiger partial charge in [-0.2, -0.15) is 4.31 Å². The number of esters is 1. The summed E-state index contributed by atoms with van der Waals surface area (Å²) in [6.07, 6.45) is 2.71. The number of ether oxygens (including phenoxy) is 2. The molecule has 1 aromatic rings. The molecule has 1 aliphatic heterocycles. The summed E-state index contributed by atoms with van der Waals surface area (Å²) in [6.45, 7) is 9.43. The van der Waals surface area contributed by atoms with Gasteiger partial charge in [-0.25, -0.2) is 13.2 Å². The second kappa shape index (κ2) is 11.1. The van der Waals surface area contributed by atoms with E-state index in [0.29, 0.717) is 45.0 Å². The first kappa shape index (κ1) is 23.8. The van der Waals surface area contributed by atoms with Gasteiger partial charge in [-0.15, -0.1) is 0 Å². The average Bonchev–Trinajstić information content (AvgIpc) is 2.75. The molecule has 0 unspecified atom stereocenters. The summed E-state index contributed by atoms with van der Waals surface area (Å²) in [5, 5.41) is 0. The number of sulfonamides is 1. The van der Waals surface area contributed by atoms with E-state index in [1.165, 1.54) is 28.6 Å². The van der Waals surface area contributed by atoms with Crippen molar-refractivity contribution in [2.45, 2.75) is 18.7 Å². The van der Waals surface area contributed by atoms with E-state index in [1.807, 2.05) is 13.8 Å². The minimum atomic E-state index is -3.56. The van der Waals surface area contributed by atoms with Crippen LogP contribution < -0.4 is 0 Å². The van der Waals surface area contributed by atoms with Gasteiger partial charge in [-0.1, -0.05) is 24.3 Å². The monoisotopic (exact) mass is 436 g/mol. The average molecular weight is 437 g/mol. The van der Waals surface area contributed by atoms with Crippen molar-refractivity contribution in [3.8, 4) is 0 Å². The molecule has 0 aliphatic carbocycles. The predicted molar refractivity (Wildman–Crippen MR) is 113 cm³/mol. The number of rotatable bonds is 9. The van der Waals surface area contributed by atoms with Crippen molar-refractivity contribution in [2.24, 2.45) is 0 Å². The highest BCUT2D eigenvalue weighted by molar-refractivity contribution is 7.89. The first-order valence-electron chi connectivity index (χ1n) is 9.69. The van der Waals surface area contributed by atoms with Gasteiger partial charge in [0, 0.05) is 32.3 Å². The summed E-state index contributed by atoms with van der Waals surface area (Å²) in [6, 6.07) is 6.20. The van der Waals surface area contributed by atoms with Crippen molar-refractivity contribution in [3.05, 3.63) is 48.1 Å². The van der Waals surface area contributed by atoms with E-state index in [0.717, 1.165) is 5.57 Å². The molecule has 1 heterocycles. The largest absolute Gasteiger partial charge is 0.452 e.